The molecule has 0 unspecified atom stereocenters. The normalized spacial score (nSPS) is 14.3. The van der Waals surface area contributed by atoms with Gasteiger partial charge >= 0.3 is 0 Å². The van der Waals surface area contributed by atoms with Crippen molar-refractivity contribution >= 4 is 57.6 Å². The molecule has 0 saturated carbocycles. The molecule has 1 N–H and O–H groups in total. The summed E-state index contributed by atoms with van der Waals surface area (Å²) < 4.78 is 11.6. The van der Waals surface area contributed by atoms with Crippen LogP contribution in [-0.4, -0.2) is 29.3 Å². The van der Waals surface area contributed by atoms with Gasteiger partial charge < -0.3 is 14.8 Å². The van der Waals surface area contributed by atoms with Crippen molar-refractivity contribution in [1.29, 1.82) is 0 Å². The predicted octanol–water partition coefficient (Wildman–Crippen LogP) is 6.13. The van der Waals surface area contributed by atoms with Gasteiger partial charge in [0.25, 0.3) is 11.8 Å². The first-order valence-electron chi connectivity index (χ1n) is 11.4. The highest BCUT2D eigenvalue weighted by atomic mass is 32.2. The van der Waals surface area contributed by atoms with Crippen molar-refractivity contribution in [3.05, 3.63) is 88.3 Å². The number of aryl methyl sites for hydroxylation is 2. The van der Waals surface area contributed by atoms with E-state index in [4.69, 9.17) is 21.7 Å². The summed E-state index contributed by atoms with van der Waals surface area (Å²) in [6.07, 6.45) is 1.80. The Morgan fingerprint density at radius 3 is 2.33 bits per heavy atom. The number of carbonyl (C=O) groups excluding carboxylic acids is 2. The number of anilines is 2. The zero-order valence-electron chi connectivity index (χ0n) is 20.2. The summed E-state index contributed by atoms with van der Waals surface area (Å²) >= 11 is 6.72. The fourth-order valence-corrected chi connectivity index (χ4v) is 4.95. The lowest BCUT2D eigenvalue weighted by Gasteiger charge is -2.15. The molecule has 3 aromatic rings. The van der Waals surface area contributed by atoms with E-state index in [-0.39, 0.29) is 18.4 Å². The minimum atomic E-state index is -0.232. The maximum Gasteiger partial charge on any atom is 0.270 e. The number of benzene rings is 3. The summed E-state index contributed by atoms with van der Waals surface area (Å²) in [7, 11) is 0. The quantitative estimate of drug-likeness (QED) is 0.286. The second kappa shape index (κ2) is 11.4. The van der Waals surface area contributed by atoms with Gasteiger partial charge in [0.05, 0.1) is 17.2 Å². The van der Waals surface area contributed by atoms with E-state index < -0.39 is 0 Å². The molecule has 2 amide bonds. The van der Waals surface area contributed by atoms with Gasteiger partial charge in [0.1, 0.15) is 11.5 Å². The SMILES string of the molecule is CCOc1ccc(N2C(=O)/C(=C/c3ccc(OCC(=O)Nc4ccc(C)cc4C)cc3)SC2=S)cc1. The van der Waals surface area contributed by atoms with Gasteiger partial charge in [-0.25, -0.2) is 0 Å². The molecule has 1 fully saturated rings. The van der Waals surface area contributed by atoms with Gasteiger partial charge in [-0.1, -0.05) is 53.8 Å². The Balaban J connectivity index is 1.36. The molecule has 6 nitrogen and oxygen atoms in total. The molecular weight excluding hydrogens is 492 g/mol. The smallest absolute Gasteiger partial charge is 0.270 e. The zero-order chi connectivity index (χ0) is 25.7. The van der Waals surface area contributed by atoms with Crippen molar-refractivity contribution in [2.45, 2.75) is 20.8 Å². The fraction of sp³-hybridized carbons (Fsp3) is 0.179. The topological polar surface area (TPSA) is 67.9 Å². The van der Waals surface area contributed by atoms with E-state index in [0.29, 0.717) is 27.3 Å². The molecule has 0 atom stereocenters. The summed E-state index contributed by atoms with van der Waals surface area (Å²) in [6.45, 7) is 6.35. The number of carbonyl (C=O) groups is 2. The molecule has 0 radical (unpaired) electrons. The summed E-state index contributed by atoms with van der Waals surface area (Å²) in [5, 5.41) is 2.87. The number of nitrogens with zero attached hydrogens (tertiary/aromatic N) is 1. The minimum absolute atomic E-state index is 0.104. The Labute approximate surface area is 220 Å². The van der Waals surface area contributed by atoms with Crippen LogP contribution in [0.4, 0.5) is 11.4 Å². The Morgan fingerprint density at radius 2 is 1.67 bits per heavy atom. The lowest BCUT2D eigenvalue weighted by Crippen LogP contribution is -2.27. The highest BCUT2D eigenvalue weighted by Gasteiger charge is 2.33. The van der Waals surface area contributed by atoms with Crippen LogP contribution in [0.3, 0.4) is 0 Å². The third-order valence-corrected chi connectivity index (χ3v) is 6.71. The molecule has 1 saturated heterocycles. The molecule has 0 aliphatic carbocycles. The van der Waals surface area contributed by atoms with E-state index in [0.717, 1.165) is 28.1 Å². The van der Waals surface area contributed by atoms with Gasteiger partial charge in [-0.05, 0) is 80.4 Å². The van der Waals surface area contributed by atoms with Crippen LogP contribution in [0.25, 0.3) is 6.08 Å². The van der Waals surface area contributed by atoms with Gasteiger partial charge in [0.2, 0.25) is 0 Å². The first-order valence-corrected chi connectivity index (χ1v) is 12.7. The Morgan fingerprint density at radius 1 is 1.00 bits per heavy atom. The van der Waals surface area contributed by atoms with E-state index in [1.165, 1.54) is 16.7 Å². The summed E-state index contributed by atoms with van der Waals surface area (Å²) in [4.78, 5) is 27.4. The van der Waals surface area contributed by atoms with Crippen LogP contribution in [0.2, 0.25) is 0 Å². The van der Waals surface area contributed by atoms with Gasteiger partial charge in [0.15, 0.2) is 10.9 Å². The van der Waals surface area contributed by atoms with Crippen molar-refractivity contribution < 1.29 is 19.1 Å². The average Bonchev–Trinajstić information content (AvgIpc) is 3.13. The van der Waals surface area contributed by atoms with Crippen LogP contribution < -0.4 is 19.7 Å². The molecular formula is C28H26N2O4S2. The number of rotatable bonds is 8. The zero-order valence-corrected chi connectivity index (χ0v) is 21.9. The number of hydrogen-bond donors (Lipinski definition) is 1. The molecule has 1 aliphatic heterocycles. The van der Waals surface area contributed by atoms with Gasteiger partial charge in [0, 0.05) is 5.69 Å². The van der Waals surface area contributed by atoms with Gasteiger partial charge in [-0.3, -0.25) is 14.5 Å². The van der Waals surface area contributed by atoms with E-state index in [9.17, 15) is 9.59 Å². The number of thiocarbonyl (C=S) groups is 1. The Kier molecular flexibility index (Phi) is 8.07. The highest BCUT2D eigenvalue weighted by Crippen LogP contribution is 2.36. The lowest BCUT2D eigenvalue weighted by molar-refractivity contribution is -0.118. The third kappa shape index (κ3) is 6.13. The standard InChI is InChI=1S/C28H26N2O4S2/c1-4-33-22-12-8-21(9-13-22)30-27(32)25(36-28(30)35)16-20-6-10-23(11-7-20)34-17-26(31)29-24-14-5-18(2)15-19(24)3/h5-16H,4,17H2,1-3H3,(H,29,31)/b25-16-. The second-order valence-corrected chi connectivity index (χ2v) is 9.84. The molecule has 3 aromatic carbocycles. The fourth-order valence-electron chi connectivity index (χ4n) is 3.65. The van der Waals surface area contributed by atoms with Gasteiger partial charge in [-0.15, -0.1) is 0 Å². The second-order valence-electron chi connectivity index (χ2n) is 8.17. The van der Waals surface area contributed by atoms with Crippen molar-refractivity contribution in [2.75, 3.05) is 23.4 Å². The number of hydrogen-bond acceptors (Lipinski definition) is 6. The third-order valence-electron chi connectivity index (χ3n) is 5.40. The van der Waals surface area contributed by atoms with Crippen molar-refractivity contribution in [3.8, 4) is 11.5 Å². The number of thioether (sulfide) groups is 1. The summed E-state index contributed by atoms with van der Waals surface area (Å²) in [6, 6.07) is 20.3. The van der Waals surface area contributed by atoms with Crippen molar-refractivity contribution in [1.82, 2.24) is 0 Å². The van der Waals surface area contributed by atoms with Crippen molar-refractivity contribution in [2.24, 2.45) is 0 Å². The molecule has 36 heavy (non-hydrogen) atoms. The van der Waals surface area contributed by atoms with E-state index in [1.54, 1.807) is 18.2 Å². The first-order chi connectivity index (χ1) is 17.3. The molecule has 8 heteroatoms. The molecule has 0 aromatic heterocycles. The Bertz CT molecular complexity index is 1320. The van der Waals surface area contributed by atoms with E-state index in [1.807, 2.05) is 75.4 Å². The maximum absolute atomic E-state index is 13.0. The maximum atomic E-state index is 13.0. The monoisotopic (exact) mass is 518 g/mol. The molecule has 184 valence electrons. The lowest BCUT2D eigenvalue weighted by atomic mass is 10.1. The van der Waals surface area contributed by atoms with Crippen LogP contribution in [0.15, 0.2) is 71.6 Å². The van der Waals surface area contributed by atoms with Crippen LogP contribution in [-0.2, 0) is 9.59 Å². The first kappa shape index (κ1) is 25.5. The largest absolute Gasteiger partial charge is 0.494 e. The van der Waals surface area contributed by atoms with Crippen LogP contribution in [0.1, 0.15) is 23.6 Å². The van der Waals surface area contributed by atoms with Crippen LogP contribution in [0, 0.1) is 13.8 Å². The molecule has 1 aliphatic rings. The number of nitrogens with one attached hydrogen (secondary N) is 1. The van der Waals surface area contributed by atoms with Crippen molar-refractivity contribution in [3.63, 3.8) is 0 Å². The predicted molar refractivity (Wildman–Crippen MR) is 150 cm³/mol. The highest BCUT2D eigenvalue weighted by molar-refractivity contribution is 8.27. The number of ether oxygens (including phenoxy) is 2. The Hall–Kier alpha value is -3.62. The van der Waals surface area contributed by atoms with Crippen LogP contribution in [0.5, 0.6) is 11.5 Å². The van der Waals surface area contributed by atoms with E-state index in [2.05, 4.69) is 5.32 Å². The summed E-state index contributed by atoms with van der Waals surface area (Å²) in [5.41, 5.74) is 4.44. The average molecular weight is 519 g/mol. The van der Waals surface area contributed by atoms with Crippen LogP contribution >= 0.6 is 24.0 Å². The molecule has 1 heterocycles. The van der Waals surface area contributed by atoms with E-state index >= 15 is 0 Å². The summed E-state index contributed by atoms with van der Waals surface area (Å²) in [5.74, 6) is 0.902. The molecule has 0 bridgehead atoms. The minimum Gasteiger partial charge on any atom is -0.494 e. The molecule has 0 spiro atoms. The molecule has 4 rings (SSSR count). The number of amides is 2. The van der Waals surface area contributed by atoms with Gasteiger partial charge in [-0.2, -0.15) is 0 Å².